The van der Waals surface area contributed by atoms with Crippen LogP contribution >= 0.6 is 0 Å². The first kappa shape index (κ1) is 21.5. The van der Waals surface area contributed by atoms with Crippen molar-refractivity contribution in [2.24, 2.45) is 0 Å². The summed E-state index contributed by atoms with van der Waals surface area (Å²) in [5.74, 6) is -6.00. The third kappa shape index (κ3) is 4.06. The number of carbonyl (C=O) groups excluding carboxylic acids is 1. The minimum atomic E-state index is -3.86. The van der Waals surface area contributed by atoms with Crippen molar-refractivity contribution < 1.29 is 38.4 Å². The lowest BCUT2D eigenvalue weighted by molar-refractivity contribution is -0.141. The number of hydrogen-bond acceptors (Lipinski definition) is 7. The topological polar surface area (TPSA) is 151 Å². The lowest BCUT2D eigenvalue weighted by Gasteiger charge is -2.21. The van der Waals surface area contributed by atoms with Gasteiger partial charge in [0.25, 0.3) is 5.91 Å². The van der Waals surface area contributed by atoms with Crippen molar-refractivity contribution in [2.45, 2.75) is 30.8 Å². The molecule has 160 valence electrons. The molecule has 2 heterocycles. The molecule has 0 radical (unpaired) electrons. The number of carbonyl (C=O) groups is 2. The summed E-state index contributed by atoms with van der Waals surface area (Å²) in [7, 11) is 0. The van der Waals surface area contributed by atoms with E-state index in [0.29, 0.717) is 4.57 Å². The number of rotatable bonds is 6. The number of aliphatic hydroxyl groups excluding tert-OH is 2. The highest BCUT2D eigenvalue weighted by atomic mass is 19.3. The molecule has 0 bridgehead atoms. The fourth-order valence-corrected chi connectivity index (χ4v) is 3.02. The maximum Gasteiger partial charge on any atom is 0.351 e. The van der Waals surface area contributed by atoms with Crippen LogP contribution in [-0.4, -0.2) is 61.5 Å². The number of benzene rings is 1. The molecule has 3 rings (SSSR count). The Morgan fingerprint density at radius 3 is 2.57 bits per heavy atom. The maximum atomic E-state index is 14.2. The molecule has 3 unspecified atom stereocenters. The second kappa shape index (κ2) is 8.26. The largest absolute Gasteiger partial charge is 0.481 e. The molecule has 1 fully saturated rings. The predicted octanol–water partition coefficient (Wildman–Crippen LogP) is 0.00860. The van der Waals surface area contributed by atoms with E-state index >= 15 is 0 Å². The van der Waals surface area contributed by atoms with E-state index in [0.717, 1.165) is 12.3 Å². The highest BCUT2D eigenvalue weighted by Gasteiger charge is 2.59. The van der Waals surface area contributed by atoms with Crippen molar-refractivity contribution in [1.82, 2.24) is 9.55 Å². The minimum absolute atomic E-state index is 0.0467. The van der Waals surface area contributed by atoms with Gasteiger partial charge < -0.3 is 25.4 Å². The van der Waals surface area contributed by atoms with Crippen molar-refractivity contribution in [3.05, 3.63) is 58.1 Å². The number of carboxylic acids is 1. The van der Waals surface area contributed by atoms with Crippen LogP contribution in [-0.2, 0) is 16.0 Å². The number of nitrogens with one attached hydrogen (secondary N) is 1. The summed E-state index contributed by atoms with van der Waals surface area (Å²) in [6.07, 6.45) is -5.59. The molecule has 1 aromatic carbocycles. The van der Waals surface area contributed by atoms with Gasteiger partial charge >= 0.3 is 17.6 Å². The molecule has 12 heteroatoms. The fraction of sp³-hybridized carbons (Fsp3) is 0.333. The zero-order valence-corrected chi connectivity index (χ0v) is 15.2. The van der Waals surface area contributed by atoms with Crippen molar-refractivity contribution in [1.29, 1.82) is 0 Å². The van der Waals surface area contributed by atoms with Crippen LogP contribution < -0.4 is 11.0 Å². The van der Waals surface area contributed by atoms with Gasteiger partial charge in [0.2, 0.25) is 6.23 Å². The molecule has 10 nitrogen and oxygen atoms in total. The van der Waals surface area contributed by atoms with E-state index in [1.54, 1.807) is 6.07 Å². The van der Waals surface area contributed by atoms with E-state index in [4.69, 9.17) is 14.9 Å². The third-order valence-electron chi connectivity index (χ3n) is 4.49. The molecule has 1 aromatic heterocycles. The van der Waals surface area contributed by atoms with Crippen molar-refractivity contribution >= 4 is 17.7 Å². The Morgan fingerprint density at radius 1 is 1.27 bits per heavy atom. The number of halogens is 2. The van der Waals surface area contributed by atoms with Gasteiger partial charge in [-0.05, 0) is 17.7 Å². The van der Waals surface area contributed by atoms with Crippen LogP contribution in [0.15, 0.2) is 41.3 Å². The monoisotopic (exact) mass is 425 g/mol. The normalized spacial score (nSPS) is 22.6. The van der Waals surface area contributed by atoms with E-state index in [9.17, 15) is 28.3 Å². The molecule has 1 saturated heterocycles. The van der Waals surface area contributed by atoms with Crippen molar-refractivity contribution in [3.63, 3.8) is 0 Å². The van der Waals surface area contributed by atoms with Crippen LogP contribution in [0.3, 0.4) is 0 Å². The Kier molecular flexibility index (Phi) is 5.92. The second-order valence-corrected chi connectivity index (χ2v) is 6.51. The third-order valence-corrected chi connectivity index (χ3v) is 4.49. The van der Waals surface area contributed by atoms with Gasteiger partial charge in [0.15, 0.2) is 6.10 Å². The second-order valence-electron chi connectivity index (χ2n) is 6.51. The summed E-state index contributed by atoms with van der Waals surface area (Å²) in [5, 5.41) is 29.8. The van der Waals surface area contributed by atoms with Gasteiger partial charge in [-0.1, -0.05) is 18.2 Å². The number of aliphatic hydroxyl groups is 2. The number of amides is 1. The Morgan fingerprint density at radius 2 is 1.97 bits per heavy atom. The average Bonchev–Trinajstić information content (AvgIpc) is 2.91. The number of carboxylic acid groups (broad SMARTS) is 1. The van der Waals surface area contributed by atoms with Gasteiger partial charge in [0, 0.05) is 11.8 Å². The van der Waals surface area contributed by atoms with Crippen LogP contribution in [0.2, 0.25) is 0 Å². The van der Waals surface area contributed by atoms with E-state index in [1.807, 2.05) is 0 Å². The first-order valence-corrected chi connectivity index (χ1v) is 8.67. The minimum Gasteiger partial charge on any atom is -0.481 e. The van der Waals surface area contributed by atoms with Crippen LogP contribution in [0.5, 0.6) is 0 Å². The number of anilines is 1. The maximum absolute atomic E-state index is 14.2. The number of aliphatic carboxylic acids is 1. The SMILES string of the molecule is O=C(O)Cc1ccccc1C(=O)Nc1ccn(C2OC(CO)C(O)C2(F)F)c(=O)n1. The quantitative estimate of drug-likeness (QED) is 0.505. The zero-order chi connectivity index (χ0) is 22.1. The Hall–Kier alpha value is -3.22. The summed E-state index contributed by atoms with van der Waals surface area (Å²) in [6, 6.07) is 6.99. The smallest absolute Gasteiger partial charge is 0.351 e. The summed E-state index contributed by atoms with van der Waals surface area (Å²) >= 11 is 0. The molecule has 2 aromatic rings. The molecule has 0 saturated carbocycles. The highest BCUT2D eigenvalue weighted by Crippen LogP contribution is 2.41. The Balaban J connectivity index is 1.83. The van der Waals surface area contributed by atoms with E-state index in [1.165, 1.54) is 18.2 Å². The molecule has 1 aliphatic rings. The number of aromatic nitrogens is 2. The Labute approximate surface area is 167 Å². The van der Waals surface area contributed by atoms with Gasteiger partial charge in [-0.2, -0.15) is 13.8 Å². The molecule has 4 N–H and O–H groups in total. The predicted molar refractivity (Wildman–Crippen MR) is 96.2 cm³/mol. The fourth-order valence-electron chi connectivity index (χ4n) is 3.02. The van der Waals surface area contributed by atoms with E-state index in [2.05, 4.69) is 10.3 Å². The van der Waals surface area contributed by atoms with Gasteiger partial charge in [-0.15, -0.1) is 0 Å². The van der Waals surface area contributed by atoms with E-state index in [-0.39, 0.29) is 16.9 Å². The summed E-state index contributed by atoms with van der Waals surface area (Å²) in [4.78, 5) is 39.1. The molecule has 3 atom stereocenters. The number of nitrogens with zero attached hydrogens (tertiary/aromatic N) is 2. The van der Waals surface area contributed by atoms with E-state index < -0.39 is 55.0 Å². The lowest BCUT2D eigenvalue weighted by Crippen LogP contribution is -2.41. The van der Waals surface area contributed by atoms with Crippen LogP contribution in [0.4, 0.5) is 14.6 Å². The van der Waals surface area contributed by atoms with Crippen LogP contribution in [0.1, 0.15) is 22.1 Å². The van der Waals surface area contributed by atoms with Crippen molar-refractivity contribution in [3.8, 4) is 0 Å². The van der Waals surface area contributed by atoms with Crippen LogP contribution in [0, 0.1) is 0 Å². The molecule has 1 aliphatic heterocycles. The molecule has 0 aliphatic carbocycles. The summed E-state index contributed by atoms with van der Waals surface area (Å²) in [6.45, 7) is -0.876. The average molecular weight is 425 g/mol. The number of ether oxygens (including phenoxy) is 1. The first-order valence-electron chi connectivity index (χ1n) is 8.67. The molecule has 1 amide bonds. The lowest BCUT2D eigenvalue weighted by atomic mass is 10.0. The number of hydrogen-bond donors (Lipinski definition) is 4. The standard InChI is InChI=1S/C18H17F2N3O7/c19-18(20)14(27)11(8-24)30-16(18)23-6-5-12(22-17(23)29)21-15(28)10-4-2-1-3-9(10)7-13(25)26/h1-6,11,14,16,24,27H,7-8H2,(H,25,26)(H,21,22,28,29). The molecule has 0 spiro atoms. The van der Waals surface area contributed by atoms with Crippen LogP contribution in [0.25, 0.3) is 0 Å². The molecule has 30 heavy (non-hydrogen) atoms. The molecular formula is C18H17F2N3O7. The molecular weight excluding hydrogens is 408 g/mol. The summed E-state index contributed by atoms with van der Waals surface area (Å²) in [5.41, 5.74) is -0.911. The van der Waals surface area contributed by atoms with Gasteiger partial charge in [0.05, 0.1) is 13.0 Å². The Bertz CT molecular complexity index is 1030. The van der Waals surface area contributed by atoms with Gasteiger partial charge in [-0.25, -0.2) is 4.79 Å². The zero-order valence-electron chi connectivity index (χ0n) is 15.2. The summed E-state index contributed by atoms with van der Waals surface area (Å²) < 4.78 is 33.7. The van der Waals surface area contributed by atoms with Crippen molar-refractivity contribution in [2.75, 3.05) is 11.9 Å². The van der Waals surface area contributed by atoms with Gasteiger partial charge in [0.1, 0.15) is 11.9 Å². The first-order chi connectivity index (χ1) is 14.1. The van der Waals surface area contributed by atoms with Gasteiger partial charge in [-0.3, -0.25) is 14.2 Å². The highest BCUT2D eigenvalue weighted by molar-refractivity contribution is 6.05. The number of alkyl halides is 2.